The standard InChI is InChI=1S/C30H34Cl2N4OS/c1-5-35(24-16-34(17-24)23-14-15-23)28(37)26-25(18(2)3)36-27(19-6-10-21(31)11-7-19)30(4,33-29(36)38-26)20-8-12-22(32)13-9-20/h6-13,18,23-24,27H,5,14-17H2,1-4H3. The van der Waals surface area contributed by atoms with E-state index in [1.807, 2.05) is 24.3 Å². The lowest BCUT2D eigenvalue weighted by Crippen LogP contribution is -2.61. The lowest BCUT2D eigenvalue weighted by atomic mass is 9.81. The number of nitrogens with zero attached hydrogens (tertiary/aromatic N) is 4. The number of thioether (sulfide) groups is 1. The Hall–Kier alpha value is -1.99. The molecule has 1 aliphatic carbocycles. The van der Waals surface area contributed by atoms with Gasteiger partial charge in [0.15, 0.2) is 5.17 Å². The van der Waals surface area contributed by atoms with Crippen LogP contribution in [0.25, 0.3) is 0 Å². The maximum absolute atomic E-state index is 14.1. The number of amidine groups is 1. The summed E-state index contributed by atoms with van der Waals surface area (Å²) in [6.07, 6.45) is 2.61. The Morgan fingerprint density at radius 3 is 2.24 bits per heavy atom. The van der Waals surface area contributed by atoms with Crippen LogP contribution in [-0.4, -0.2) is 57.5 Å². The molecule has 0 N–H and O–H groups in total. The van der Waals surface area contributed by atoms with E-state index in [0.29, 0.717) is 22.6 Å². The molecule has 38 heavy (non-hydrogen) atoms. The van der Waals surface area contributed by atoms with Gasteiger partial charge < -0.3 is 9.80 Å². The third-order valence-electron chi connectivity index (χ3n) is 8.36. The predicted octanol–water partition coefficient (Wildman–Crippen LogP) is 6.93. The Balaban J connectivity index is 1.39. The number of allylic oxidation sites excluding steroid dienone is 1. The summed E-state index contributed by atoms with van der Waals surface area (Å²) in [5.41, 5.74) is 2.71. The molecule has 1 saturated heterocycles. The Bertz CT molecular complexity index is 1300. The van der Waals surface area contributed by atoms with Crippen LogP contribution in [0, 0.1) is 5.92 Å². The highest BCUT2D eigenvalue weighted by Crippen LogP contribution is 2.56. The van der Waals surface area contributed by atoms with Gasteiger partial charge in [-0.15, -0.1) is 0 Å². The molecular weight excluding hydrogens is 535 g/mol. The molecule has 3 aliphatic heterocycles. The average molecular weight is 570 g/mol. The summed E-state index contributed by atoms with van der Waals surface area (Å²) in [6.45, 7) is 11.3. The normalized spacial score (nSPS) is 25.6. The van der Waals surface area contributed by atoms with Gasteiger partial charge in [0.1, 0.15) is 10.4 Å². The van der Waals surface area contributed by atoms with Crippen LogP contribution in [-0.2, 0) is 10.3 Å². The fraction of sp³-hybridized carbons (Fsp3) is 0.467. The van der Waals surface area contributed by atoms with E-state index in [1.165, 1.54) is 12.8 Å². The highest BCUT2D eigenvalue weighted by molar-refractivity contribution is 8.18. The van der Waals surface area contributed by atoms with Crippen LogP contribution in [0.15, 0.2) is 64.1 Å². The fourth-order valence-electron chi connectivity index (χ4n) is 6.19. The number of rotatable bonds is 7. The number of likely N-dealkylation sites (tertiary alicyclic amines) is 1. The zero-order valence-corrected chi connectivity index (χ0v) is 24.7. The number of carbonyl (C=O) groups is 1. The number of likely N-dealkylation sites (N-methyl/N-ethyl adjacent to an activating group) is 1. The average Bonchev–Trinajstić information content (AvgIpc) is 3.56. The largest absolute Gasteiger partial charge is 0.333 e. The van der Waals surface area contributed by atoms with Crippen molar-refractivity contribution in [3.05, 3.63) is 80.3 Å². The zero-order valence-electron chi connectivity index (χ0n) is 22.3. The van der Waals surface area contributed by atoms with Crippen molar-refractivity contribution in [1.82, 2.24) is 14.7 Å². The maximum Gasteiger partial charge on any atom is 0.262 e. The van der Waals surface area contributed by atoms with Crippen LogP contribution in [0.1, 0.15) is 57.7 Å². The molecule has 0 aromatic heterocycles. The summed E-state index contributed by atoms with van der Waals surface area (Å²) in [5.74, 6) is 0.293. The van der Waals surface area contributed by atoms with E-state index >= 15 is 0 Å². The Kier molecular flexibility index (Phi) is 6.83. The van der Waals surface area contributed by atoms with E-state index < -0.39 is 5.54 Å². The van der Waals surface area contributed by atoms with Crippen molar-refractivity contribution in [2.75, 3.05) is 19.6 Å². The third-order valence-corrected chi connectivity index (χ3v) is 9.92. The second kappa shape index (κ2) is 9.88. The number of carbonyl (C=O) groups excluding carboxylic acids is 1. The molecule has 0 bridgehead atoms. The van der Waals surface area contributed by atoms with Crippen LogP contribution in [0.4, 0.5) is 0 Å². The fourth-order valence-corrected chi connectivity index (χ4v) is 7.80. The lowest BCUT2D eigenvalue weighted by molar-refractivity contribution is -0.132. The molecule has 4 aliphatic rings. The van der Waals surface area contributed by atoms with Gasteiger partial charge in [0, 0.05) is 41.4 Å². The minimum atomic E-state index is -0.557. The first-order valence-corrected chi connectivity index (χ1v) is 15.2. The smallest absolute Gasteiger partial charge is 0.262 e. The molecule has 6 rings (SSSR count). The molecule has 1 amide bonds. The van der Waals surface area contributed by atoms with E-state index in [2.05, 4.69) is 66.7 Å². The van der Waals surface area contributed by atoms with E-state index in [9.17, 15) is 4.79 Å². The monoisotopic (exact) mass is 568 g/mol. The van der Waals surface area contributed by atoms with E-state index in [1.54, 1.807) is 11.8 Å². The molecule has 0 spiro atoms. The number of amides is 1. The van der Waals surface area contributed by atoms with E-state index in [-0.39, 0.29) is 17.9 Å². The van der Waals surface area contributed by atoms with Gasteiger partial charge in [-0.25, -0.2) is 4.99 Å². The zero-order chi connectivity index (χ0) is 26.8. The van der Waals surface area contributed by atoms with Crippen molar-refractivity contribution in [3.63, 3.8) is 0 Å². The van der Waals surface area contributed by atoms with Crippen molar-refractivity contribution < 1.29 is 4.79 Å². The van der Waals surface area contributed by atoms with Gasteiger partial charge in [-0.3, -0.25) is 9.69 Å². The van der Waals surface area contributed by atoms with Gasteiger partial charge in [0.25, 0.3) is 5.91 Å². The molecule has 2 atom stereocenters. The highest BCUT2D eigenvalue weighted by atomic mass is 35.5. The molecule has 5 nitrogen and oxygen atoms in total. The molecule has 200 valence electrons. The van der Waals surface area contributed by atoms with Crippen LogP contribution in [0.5, 0.6) is 0 Å². The molecule has 1 saturated carbocycles. The first-order valence-electron chi connectivity index (χ1n) is 13.6. The van der Waals surface area contributed by atoms with Crippen molar-refractivity contribution in [3.8, 4) is 0 Å². The number of benzene rings is 2. The molecule has 8 heteroatoms. The highest BCUT2D eigenvalue weighted by Gasteiger charge is 2.54. The quantitative estimate of drug-likeness (QED) is 0.363. The van der Waals surface area contributed by atoms with E-state index in [0.717, 1.165) is 46.0 Å². The third kappa shape index (κ3) is 4.38. The minimum Gasteiger partial charge on any atom is -0.333 e. The maximum atomic E-state index is 14.1. The second-order valence-electron chi connectivity index (χ2n) is 11.3. The Labute approximate surface area is 239 Å². The van der Waals surface area contributed by atoms with Crippen LogP contribution >= 0.6 is 35.0 Å². The van der Waals surface area contributed by atoms with Crippen molar-refractivity contribution >= 4 is 46.0 Å². The second-order valence-corrected chi connectivity index (χ2v) is 13.1. The molecule has 3 heterocycles. The number of halogens is 2. The molecule has 2 fully saturated rings. The number of aliphatic imine (C=N–C) groups is 1. The summed E-state index contributed by atoms with van der Waals surface area (Å²) in [4.78, 5) is 27.2. The molecule has 2 unspecified atom stereocenters. The first kappa shape index (κ1) is 26.2. The van der Waals surface area contributed by atoms with Gasteiger partial charge in [0.2, 0.25) is 0 Å². The number of hydrogen-bond acceptors (Lipinski definition) is 5. The molecular formula is C30H34Cl2N4OS. The Morgan fingerprint density at radius 2 is 1.68 bits per heavy atom. The van der Waals surface area contributed by atoms with Gasteiger partial charge >= 0.3 is 0 Å². The summed E-state index contributed by atoms with van der Waals surface area (Å²) in [7, 11) is 0. The summed E-state index contributed by atoms with van der Waals surface area (Å²) in [6, 6.07) is 16.9. The van der Waals surface area contributed by atoms with Gasteiger partial charge in [0.05, 0.1) is 12.1 Å². The predicted molar refractivity (Wildman–Crippen MR) is 157 cm³/mol. The van der Waals surface area contributed by atoms with Gasteiger partial charge in [-0.2, -0.15) is 0 Å². The van der Waals surface area contributed by atoms with Crippen LogP contribution < -0.4 is 0 Å². The van der Waals surface area contributed by atoms with Crippen LogP contribution in [0.3, 0.4) is 0 Å². The van der Waals surface area contributed by atoms with Crippen molar-refractivity contribution in [2.24, 2.45) is 10.9 Å². The van der Waals surface area contributed by atoms with Crippen molar-refractivity contribution in [1.29, 1.82) is 0 Å². The summed E-state index contributed by atoms with van der Waals surface area (Å²) >= 11 is 14.1. The number of fused-ring (bicyclic) bond motifs is 1. The van der Waals surface area contributed by atoms with Gasteiger partial charge in [-0.05, 0) is 79.8 Å². The first-order chi connectivity index (χ1) is 18.2. The van der Waals surface area contributed by atoms with Gasteiger partial charge in [-0.1, -0.05) is 61.3 Å². The topological polar surface area (TPSA) is 39.2 Å². The van der Waals surface area contributed by atoms with E-state index in [4.69, 9.17) is 28.2 Å². The molecule has 2 aromatic carbocycles. The van der Waals surface area contributed by atoms with Crippen molar-refractivity contribution in [2.45, 2.75) is 64.2 Å². The van der Waals surface area contributed by atoms with Crippen LogP contribution in [0.2, 0.25) is 10.0 Å². The molecule has 2 aromatic rings. The summed E-state index contributed by atoms with van der Waals surface area (Å²) in [5, 5.41) is 2.29. The Morgan fingerprint density at radius 1 is 1.08 bits per heavy atom. The lowest BCUT2D eigenvalue weighted by Gasteiger charge is -2.45. The molecule has 0 radical (unpaired) electrons. The SMILES string of the molecule is CCN(C(=O)C1=C(C(C)C)N2C(=NC(C)(c3ccc(Cl)cc3)C2c2ccc(Cl)cc2)S1)C1CN(C2CC2)C1. The summed E-state index contributed by atoms with van der Waals surface area (Å²) < 4.78 is 0. The number of hydrogen-bond donors (Lipinski definition) is 0. The minimum absolute atomic E-state index is 0.115.